The molecule has 3 aromatic heterocycles. The van der Waals surface area contributed by atoms with Gasteiger partial charge in [-0.1, -0.05) is 13.8 Å². The lowest BCUT2D eigenvalue weighted by molar-refractivity contribution is 0.331. The molecule has 9 heteroatoms. The van der Waals surface area contributed by atoms with Gasteiger partial charge < -0.3 is 21.1 Å². The predicted molar refractivity (Wildman–Crippen MR) is 92.6 cm³/mol. The minimum absolute atomic E-state index is 0.191. The zero-order chi connectivity index (χ0) is 17.1. The Bertz CT molecular complexity index is 847. The number of anilines is 3. The van der Waals surface area contributed by atoms with E-state index in [2.05, 4.69) is 25.1 Å². The molecule has 4 heterocycles. The van der Waals surface area contributed by atoms with Crippen LogP contribution in [0.25, 0.3) is 11.0 Å². The molecular weight excluding hydrogens is 308 g/mol. The van der Waals surface area contributed by atoms with Crippen LogP contribution in [-0.2, 0) is 6.54 Å². The van der Waals surface area contributed by atoms with Crippen LogP contribution in [0.2, 0.25) is 0 Å². The van der Waals surface area contributed by atoms with Crippen LogP contribution in [0.1, 0.15) is 19.4 Å². The zero-order valence-electron chi connectivity index (χ0n) is 13.7. The first-order chi connectivity index (χ1) is 11.7. The van der Waals surface area contributed by atoms with Crippen LogP contribution in [0, 0.1) is 0 Å². The highest BCUT2D eigenvalue weighted by Crippen LogP contribution is 2.31. The van der Waals surface area contributed by atoms with Crippen molar-refractivity contribution < 1.29 is 4.74 Å². The number of rotatable bonds is 1. The quantitative estimate of drug-likeness (QED) is 0.609. The average Bonchev–Trinajstić information content (AvgIpc) is 2.94. The van der Waals surface area contributed by atoms with Crippen molar-refractivity contribution in [3.8, 4) is 5.75 Å². The largest absolute Gasteiger partial charge is 0.491 e. The number of nitrogens with two attached hydrogens (primary N) is 2. The van der Waals surface area contributed by atoms with Gasteiger partial charge in [-0.3, -0.25) is 5.10 Å². The number of pyridine rings is 1. The summed E-state index contributed by atoms with van der Waals surface area (Å²) in [5.41, 5.74) is 13.2. The van der Waals surface area contributed by atoms with E-state index < -0.39 is 0 Å². The summed E-state index contributed by atoms with van der Waals surface area (Å²) < 4.78 is 5.75. The van der Waals surface area contributed by atoms with Crippen LogP contribution in [0.3, 0.4) is 0 Å². The van der Waals surface area contributed by atoms with Gasteiger partial charge in [0.1, 0.15) is 24.0 Å². The third-order valence-corrected chi connectivity index (χ3v) is 3.62. The van der Waals surface area contributed by atoms with Gasteiger partial charge in [-0.15, -0.1) is 0 Å². The molecule has 126 valence electrons. The molecule has 0 radical (unpaired) electrons. The van der Waals surface area contributed by atoms with Gasteiger partial charge in [-0.25, -0.2) is 4.98 Å². The maximum Gasteiger partial charge on any atom is 0.224 e. The standard InChI is InChI=1S/C13H14N8O.C2H6/c14-10-8-6-21(3-4-22-9(8)1-2-16-10)12-7-5-17-20-11(7)18-13(15)19-12;1-2/h1-2,5H,3-4,6H2,(H2,14,16)(H3,15,17,18,19,20);1-2H3. The maximum absolute atomic E-state index is 5.98. The van der Waals surface area contributed by atoms with Gasteiger partial charge in [0.25, 0.3) is 0 Å². The van der Waals surface area contributed by atoms with E-state index in [1.54, 1.807) is 12.4 Å². The second-order valence-electron chi connectivity index (χ2n) is 4.98. The average molecular weight is 328 g/mol. The Hall–Kier alpha value is -3.10. The summed E-state index contributed by atoms with van der Waals surface area (Å²) in [5, 5.41) is 7.62. The topological polar surface area (TPSA) is 132 Å². The fraction of sp³-hybridized carbons (Fsp3) is 0.333. The number of hydrogen-bond donors (Lipinski definition) is 3. The fourth-order valence-corrected chi connectivity index (χ4v) is 2.58. The van der Waals surface area contributed by atoms with Gasteiger partial charge in [-0.05, 0) is 6.07 Å². The van der Waals surface area contributed by atoms with Crippen molar-refractivity contribution in [3.05, 3.63) is 24.0 Å². The van der Waals surface area contributed by atoms with Crippen LogP contribution in [0.15, 0.2) is 18.5 Å². The highest BCUT2D eigenvalue weighted by atomic mass is 16.5. The molecule has 0 bridgehead atoms. The van der Waals surface area contributed by atoms with Crippen LogP contribution in [0.4, 0.5) is 17.6 Å². The van der Waals surface area contributed by atoms with Crippen LogP contribution < -0.4 is 21.1 Å². The molecule has 1 aliphatic heterocycles. The van der Waals surface area contributed by atoms with Crippen LogP contribution >= 0.6 is 0 Å². The number of ether oxygens (including phenoxy) is 1. The van der Waals surface area contributed by atoms with E-state index in [9.17, 15) is 0 Å². The minimum Gasteiger partial charge on any atom is -0.491 e. The number of nitrogens with one attached hydrogen (secondary N) is 1. The molecule has 0 saturated carbocycles. The van der Waals surface area contributed by atoms with Crippen LogP contribution in [0.5, 0.6) is 5.75 Å². The lowest BCUT2D eigenvalue weighted by Gasteiger charge is -2.21. The molecule has 0 atom stereocenters. The second kappa shape index (κ2) is 6.57. The Morgan fingerprint density at radius 2 is 2.08 bits per heavy atom. The molecular formula is C15H20N8O. The van der Waals surface area contributed by atoms with Gasteiger partial charge in [0, 0.05) is 6.20 Å². The SMILES string of the molecule is CC.Nc1nc(N2CCOc3ccnc(N)c3C2)c2cn[nH]c2n1. The molecule has 3 aromatic rings. The number of nitrogens with zero attached hydrogens (tertiary/aromatic N) is 5. The molecule has 0 aliphatic carbocycles. The summed E-state index contributed by atoms with van der Waals surface area (Å²) in [6.45, 7) is 5.69. The van der Waals surface area contributed by atoms with E-state index in [0.717, 1.165) is 16.7 Å². The first kappa shape index (κ1) is 15.8. The third kappa shape index (κ3) is 2.75. The number of hydrogen-bond acceptors (Lipinski definition) is 8. The number of fused-ring (bicyclic) bond motifs is 2. The summed E-state index contributed by atoms with van der Waals surface area (Å²) in [7, 11) is 0. The molecule has 0 saturated heterocycles. The smallest absolute Gasteiger partial charge is 0.224 e. The summed E-state index contributed by atoms with van der Waals surface area (Å²) >= 11 is 0. The van der Waals surface area contributed by atoms with E-state index >= 15 is 0 Å². The Morgan fingerprint density at radius 3 is 2.92 bits per heavy atom. The number of aromatic nitrogens is 5. The van der Waals surface area contributed by atoms with Crippen molar-refractivity contribution >= 4 is 28.6 Å². The lowest BCUT2D eigenvalue weighted by atomic mass is 10.2. The van der Waals surface area contributed by atoms with Crippen molar-refractivity contribution in [1.82, 2.24) is 25.1 Å². The fourth-order valence-electron chi connectivity index (χ4n) is 2.58. The molecule has 24 heavy (non-hydrogen) atoms. The van der Waals surface area contributed by atoms with E-state index in [0.29, 0.717) is 37.0 Å². The molecule has 5 N–H and O–H groups in total. The number of aromatic amines is 1. The van der Waals surface area contributed by atoms with E-state index in [1.165, 1.54) is 0 Å². The van der Waals surface area contributed by atoms with E-state index in [-0.39, 0.29) is 5.95 Å². The van der Waals surface area contributed by atoms with Crippen LogP contribution in [-0.4, -0.2) is 38.3 Å². The van der Waals surface area contributed by atoms with Gasteiger partial charge in [0.2, 0.25) is 5.95 Å². The van der Waals surface area contributed by atoms with Crippen molar-refractivity contribution in [1.29, 1.82) is 0 Å². The Balaban J connectivity index is 0.000000815. The zero-order valence-corrected chi connectivity index (χ0v) is 13.7. The summed E-state index contributed by atoms with van der Waals surface area (Å²) in [6, 6.07) is 1.82. The normalized spacial score (nSPS) is 13.5. The maximum atomic E-state index is 5.98. The molecule has 0 aromatic carbocycles. The molecule has 4 rings (SSSR count). The Morgan fingerprint density at radius 1 is 1.25 bits per heavy atom. The minimum atomic E-state index is 0.191. The number of nitrogen functional groups attached to an aromatic ring is 2. The monoisotopic (exact) mass is 328 g/mol. The molecule has 0 amide bonds. The first-order valence-electron chi connectivity index (χ1n) is 7.80. The molecule has 0 fully saturated rings. The van der Waals surface area contributed by atoms with Gasteiger partial charge in [0.15, 0.2) is 5.65 Å². The van der Waals surface area contributed by atoms with Gasteiger partial charge in [0.05, 0.1) is 30.2 Å². The lowest BCUT2D eigenvalue weighted by Crippen LogP contribution is -2.27. The first-order valence-corrected chi connectivity index (χ1v) is 7.80. The van der Waals surface area contributed by atoms with Crippen molar-refractivity contribution in [3.63, 3.8) is 0 Å². The molecule has 0 unspecified atom stereocenters. The Kier molecular flexibility index (Phi) is 4.32. The van der Waals surface area contributed by atoms with Crippen molar-refractivity contribution in [2.24, 2.45) is 0 Å². The Labute approximate surface area is 139 Å². The third-order valence-electron chi connectivity index (χ3n) is 3.62. The highest BCUT2D eigenvalue weighted by molar-refractivity contribution is 5.87. The predicted octanol–water partition coefficient (Wildman–Crippen LogP) is 1.34. The van der Waals surface area contributed by atoms with Gasteiger partial charge in [-0.2, -0.15) is 15.1 Å². The second-order valence-corrected chi connectivity index (χ2v) is 4.98. The van der Waals surface area contributed by atoms with E-state index in [1.807, 2.05) is 24.8 Å². The highest BCUT2D eigenvalue weighted by Gasteiger charge is 2.22. The molecule has 9 nitrogen and oxygen atoms in total. The van der Waals surface area contributed by atoms with E-state index in [4.69, 9.17) is 16.2 Å². The summed E-state index contributed by atoms with van der Waals surface area (Å²) in [6.07, 6.45) is 3.32. The number of H-pyrrole nitrogens is 1. The van der Waals surface area contributed by atoms with Crippen molar-refractivity contribution in [2.45, 2.75) is 20.4 Å². The summed E-state index contributed by atoms with van der Waals surface area (Å²) in [4.78, 5) is 14.7. The molecule has 0 spiro atoms. The van der Waals surface area contributed by atoms with Crippen molar-refractivity contribution in [2.75, 3.05) is 29.5 Å². The molecule has 1 aliphatic rings. The summed E-state index contributed by atoms with van der Waals surface area (Å²) in [5.74, 6) is 2.10. The van der Waals surface area contributed by atoms with Gasteiger partial charge >= 0.3 is 0 Å².